The molecular formula is C16H22N2OS. The number of hydrogen-bond acceptors (Lipinski definition) is 3. The molecular weight excluding hydrogens is 268 g/mol. The van der Waals surface area contributed by atoms with Crippen LogP contribution in [0.15, 0.2) is 18.2 Å². The molecule has 0 radical (unpaired) electrons. The Morgan fingerprint density at radius 2 is 1.80 bits per heavy atom. The van der Waals surface area contributed by atoms with Crippen molar-refractivity contribution < 1.29 is 4.79 Å². The van der Waals surface area contributed by atoms with Crippen LogP contribution in [0.4, 0.5) is 5.69 Å². The molecule has 20 heavy (non-hydrogen) atoms. The van der Waals surface area contributed by atoms with Gasteiger partial charge in [-0.2, -0.15) is 5.26 Å². The fourth-order valence-corrected chi connectivity index (χ4v) is 2.51. The van der Waals surface area contributed by atoms with Crippen molar-refractivity contribution in [1.82, 2.24) is 0 Å². The van der Waals surface area contributed by atoms with E-state index in [1.165, 1.54) is 11.8 Å². The quantitative estimate of drug-likeness (QED) is 0.801. The summed E-state index contributed by atoms with van der Waals surface area (Å²) in [6.45, 7) is 8.50. The van der Waals surface area contributed by atoms with Crippen molar-refractivity contribution in [3.05, 3.63) is 29.3 Å². The monoisotopic (exact) mass is 290 g/mol. The second-order valence-corrected chi connectivity index (χ2v) is 6.31. The number of nitrogens with zero attached hydrogens (tertiary/aromatic N) is 1. The van der Waals surface area contributed by atoms with Crippen molar-refractivity contribution in [2.45, 2.75) is 39.5 Å². The van der Waals surface area contributed by atoms with E-state index < -0.39 is 0 Å². The van der Waals surface area contributed by atoms with E-state index >= 15 is 0 Å². The molecule has 1 aromatic carbocycles. The van der Waals surface area contributed by atoms with Crippen molar-refractivity contribution in [1.29, 1.82) is 5.26 Å². The highest BCUT2D eigenvalue weighted by Gasteiger charge is 2.15. The van der Waals surface area contributed by atoms with Crippen LogP contribution in [0.25, 0.3) is 0 Å². The Morgan fingerprint density at radius 3 is 2.25 bits per heavy atom. The number of nitriles is 1. The number of thioether (sulfide) groups is 1. The third-order valence-corrected chi connectivity index (χ3v) is 3.84. The Balaban J connectivity index is 2.96. The molecule has 0 spiro atoms. The molecule has 3 nitrogen and oxygen atoms in total. The zero-order valence-electron chi connectivity index (χ0n) is 12.6. The zero-order valence-corrected chi connectivity index (χ0v) is 13.4. The van der Waals surface area contributed by atoms with Gasteiger partial charge in [-0.1, -0.05) is 45.9 Å². The molecule has 1 amide bonds. The van der Waals surface area contributed by atoms with Crippen molar-refractivity contribution in [3.8, 4) is 6.07 Å². The molecule has 1 rings (SSSR count). The lowest BCUT2D eigenvalue weighted by Gasteiger charge is -2.20. The molecule has 0 aliphatic rings. The summed E-state index contributed by atoms with van der Waals surface area (Å²) in [7, 11) is 0. The Kier molecular flexibility index (Phi) is 6.60. The third-order valence-electron chi connectivity index (χ3n) is 3.04. The van der Waals surface area contributed by atoms with Gasteiger partial charge in [-0.15, -0.1) is 11.8 Å². The van der Waals surface area contributed by atoms with Crippen molar-refractivity contribution >= 4 is 23.4 Å². The average molecular weight is 290 g/mol. The van der Waals surface area contributed by atoms with Crippen LogP contribution in [-0.4, -0.2) is 17.4 Å². The minimum absolute atomic E-state index is 0.0414. The average Bonchev–Trinajstić information content (AvgIpc) is 2.38. The van der Waals surface area contributed by atoms with Crippen LogP contribution in [0.2, 0.25) is 0 Å². The summed E-state index contributed by atoms with van der Waals surface area (Å²) < 4.78 is 0. The first-order chi connectivity index (χ1) is 9.47. The molecule has 0 unspecified atom stereocenters. The summed E-state index contributed by atoms with van der Waals surface area (Å²) in [6.07, 6.45) is 0. The van der Waals surface area contributed by atoms with Gasteiger partial charge in [-0.05, 0) is 23.0 Å². The molecule has 0 saturated carbocycles. The highest BCUT2D eigenvalue weighted by atomic mass is 32.2. The maximum absolute atomic E-state index is 12.0. The van der Waals surface area contributed by atoms with Gasteiger partial charge in [-0.3, -0.25) is 4.79 Å². The van der Waals surface area contributed by atoms with E-state index in [0.717, 1.165) is 16.8 Å². The number of benzene rings is 1. The lowest BCUT2D eigenvalue weighted by atomic mass is 9.92. The molecule has 0 heterocycles. The molecule has 0 saturated heterocycles. The number of para-hydroxylation sites is 1. The van der Waals surface area contributed by atoms with E-state index in [2.05, 4.69) is 45.1 Å². The lowest BCUT2D eigenvalue weighted by molar-refractivity contribution is -0.113. The first-order valence-electron chi connectivity index (χ1n) is 6.84. The van der Waals surface area contributed by atoms with Crippen molar-refractivity contribution in [2.24, 2.45) is 0 Å². The number of rotatable bonds is 6. The van der Waals surface area contributed by atoms with E-state index in [0.29, 0.717) is 23.3 Å². The largest absolute Gasteiger partial charge is 0.325 e. The topological polar surface area (TPSA) is 52.9 Å². The Bertz CT molecular complexity index is 477. The normalized spacial score (nSPS) is 10.7. The van der Waals surface area contributed by atoms with Crippen LogP contribution >= 0.6 is 11.8 Å². The van der Waals surface area contributed by atoms with Gasteiger partial charge in [0.05, 0.1) is 17.6 Å². The van der Waals surface area contributed by atoms with Crippen LogP contribution in [0.3, 0.4) is 0 Å². The lowest BCUT2D eigenvalue weighted by Crippen LogP contribution is -2.17. The predicted molar refractivity (Wildman–Crippen MR) is 86.2 cm³/mol. The SMILES string of the molecule is CC(C)c1cccc(C(C)C)c1NC(=O)CSCC#N. The number of anilines is 1. The number of amides is 1. The van der Waals surface area contributed by atoms with Crippen LogP contribution in [0.5, 0.6) is 0 Å². The van der Waals surface area contributed by atoms with Crippen molar-refractivity contribution in [2.75, 3.05) is 16.8 Å². The van der Waals surface area contributed by atoms with E-state index in [1.807, 2.05) is 12.1 Å². The van der Waals surface area contributed by atoms with E-state index in [-0.39, 0.29) is 5.91 Å². The fourth-order valence-electron chi connectivity index (χ4n) is 2.06. The molecule has 4 heteroatoms. The zero-order chi connectivity index (χ0) is 15.1. The van der Waals surface area contributed by atoms with E-state index in [9.17, 15) is 4.79 Å². The number of nitrogens with one attached hydrogen (secondary N) is 1. The van der Waals surface area contributed by atoms with Crippen LogP contribution in [0, 0.1) is 11.3 Å². The Labute approximate surface area is 125 Å². The summed E-state index contributed by atoms with van der Waals surface area (Å²) in [5.41, 5.74) is 3.27. The van der Waals surface area contributed by atoms with Gasteiger partial charge in [0.1, 0.15) is 0 Å². The number of carbonyl (C=O) groups excluding carboxylic acids is 1. The van der Waals surface area contributed by atoms with Gasteiger partial charge >= 0.3 is 0 Å². The summed E-state index contributed by atoms with van der Waals surface area (Å²) in [5, 5.41) is 11.5. The molecule has 0 atom stereocenters. The summed E-state index contributed by atoms with van der Waals surface area (Å²) >= 11 is 1.34. The highest BCUT2D eigenvalue weighted by molar-refractivity contribution is 8.00. The molecule has 0 aliphatic heterocycles. The molecule has 0 aromatic heterocycles. The second kappa shape index (κ2) is 7.96. The van der Waals surface area contributed by atoms with Crippen LogP contribution < -0.4 is 5.32 Å². The molecule has 0 fully saturated rings. The minimum atomic E-state index is -0.0414. The summed E-state index contributed by atoms with van der Waals surface area (Å²) in [5.74, 6) is 1.33. The van der Waals surface area contributed by atoms with E-state index in [4.69, 9.17) is 5.26 Å². The maximum atomic E-state index is 12.0. The number of carbonyl (C=O) groups is 1. The smallest absolute Gasteiger partial charge is 0.234 e. The minimum Gasteiger partial charge on any atom is -0.325 e. The predicted octanol–water partition coefficient (Wildman–Crippen LogP) is 4.13. The van der Waals surface area contributed by atoms with Crippen LogP contribution in [0.1, 0.15) is 50.7 Å². The molecule has 1 aromatic rings. The summed E-state index contributed by atoms with van der Waals surface area (Å²) in [6, 6.07) is 8.20. The highest BCUT2D eigenvalue weighted by Crippen LogP contribution is 2.32. The standard InChI is InChI=1S/C16H22N2OS/c1-11(2)13-6-5-7-14(12(3)4)16(13)18-15(19)10-20-9-8-17/h5-7,11-12H,9-10H2,1-4H3,(H,18,19). The molecule has 108 valence electrons. The van der Waals surface area contributed by atoms with Gasteiger partial charge in [0, 0.05) is 5.69 Å². The van der Waals surface area contributed by atoms with Gasteiger partial charge in [0.25, 0.3) is 0 Å². The first kappa shape index (κ1) is 16.6. The number of hydrogen-bond donors (Lipinski definition) is 1. The first-order valence-corrected chi connectivity index (χ1v) is 8.00. The maximum Gasteiger partial charge on any atom is 0.234 e. The fraction of sp³-hybridized carbons (Fsp3) is 0.500. The Hall–Kier alpha value is -1.47. The van der Waals surface area contributed by atoms with E-state index in [1.54, 1.807) is 0 Å². The Morgan fingerprint density at radius 1 is 1.25 bits per heavy atom. The van der Waals surface area contributed by atoms with Gasteiger partial charge in [-0.25, -0.2) is 0 Å². The van der Waals surface area contributed by atoms with Gasteiger partial charge in [0.15, 0.2) is 0 Å². The molecule has 1 N–H and O–H groups in total. The van der Waals surface area contributed by atoms with Crippen LogP contribution in [-0.2, 0) is 4.79 Å². The summed E-state index contributed by atoms with van der Waals surface area (Å²) in [4.78, 5) is 12.0. The van der Waals surface area contributed by atoms with Gasteiger partial charge in [0.2, 0.25) is 5.91 Å². The molecule has 0 aliphatic carbocycles. The third kappa shape index (κ3) is 4.57. The van der Waals surface area contributed by atoms with Gasteiger partial charge < -0.3 is 5.32 Å². The molecule has 0 bridgehead atoms. The second-order valence-electron chi connectivity index (χ2n) is 5.32. The van der Waals surface area contributed by atoms with Crippen molar-refractivity contribution in [3.63, 3.8) is 0 Å².